The average Bonchev–Trinajstić information content (AvgIpc) is 3.54. The Kier molecular flexibility index (Phi) is 7.59. The molecule has 6 rings (SSSR count). The number of nitrogens with one attached hydrogen (secondary N) is 1. The van der Waals surface area contributed by atoms with E-state index in [0.29, 0.717) is 55.5 Å². The number of benzene rings is 1. The standard InChI is InChI=1S/C32H36F3N5O2/c1-3-21-19-39(27-10-6-5-9-24(27)32(33,34)35)17-14-31(21)20-40(22-13-16-36-18-22)30(41)28-25(31)11-12-26(38-28)23-8-7-15-37-29(23)42-4-2/h5-12,15,21-22,36H,3-4,13-14,16-20H2,1-2H3. The molecule has 1 spiro atoms. The van der Waals surface area contributed by atoms with Crippen LogP contribution in [0.15, 0.2) is 54.7 Å². The molecule has 10 heteroatoms. The van der Waals surface area contributed by atoms with Crippen LogP contribution in [0.2, 0.25) is 0 Å². The fourth-order valence-corrected chi connectivity index (χ4v) is 7.17. The summed E-state index contributed by atoms with van der Waals surface area (Å²) >= 11 is 0. The highest BCUT2D eigenvalue weighted by molar-refractivity contribution is 5.96. The molecule has 3 aliphatic rings. The van der Waals surface area contributed by atoms with Crippen molar-refractivity contribution in [1.82, 2.24) is 20.2 Å². The minimum atomic E-state index is -4.43. The fraction of sp³-hybridized carbons (Fsp3) is 0.469. The molecule has 2 saturated heterocycles. The number of carbonyl (C=O) groups is 1. The smallest absolute Gasteiger partial charge is 0.418 e. The Morgan fingerprint density at radius 2 is 1.95 bits per heavy atom. The summed E-state index contributed by atoms with van der Waals surface area (Å²) in [6.07, 6.45) is -0.536. The summed E-state index contributed by atoms with van der Waals surface area (Å²) < 4.78 is 47.6. The number of hydrogen-bond acceptors (Lipinski definition) is 6. The number of halogens is 3. The second kappa shape index (κ2) is 11.2. The van der Waals surface area contributed by atoms with E-state index >= 15 is 0 Å². The van der Waals surface area contributed by atoms with Crippen molar-refractivity contribution in [2.75, 3.05) is 44.2 Å². The molecule has 2 fully saturated rings. The number of ether oxygens (including phenoxy) is 1. The number of amides is 1. The van der Waals surface area contributed by atoms with E-state index in [1.165, 1.54) is 6.07 Å². The number of fused-ring (bicyclic) bond motifs is 2. The zero-order valence-corrected chi connectivity index (χ0v) is 24.0. The quantitative estimate of drug-likeness (QED) is 0.413. The first-order valence-corrected chi connectivity index (χ1v) is 14.8. The van der Waals surface area contributed by atoms with Gasteiger partial charge in [-0.1, -0.05) is 31.5 Å². The normalized spacial score (nSPS) is 24.3. The van der Waals surface area contributed by atoms with Gasteiger partial charge < -0.3 is 19.9 Å². The van der Waals surface area contributed by atoms with Crippen LogP contribution in [0.4, 0.5) is 18.9 Å². The van der Waals surface area contributed by atoms with E-state index in [4.69, 9.17) is 9.72 Å². The fourth-order valence-electron chi connectivity index (χ4n) is 7.17. The van der Waals surface area contributed by atoms with Crippen molar-refractivity contribution in [3.63, 3.8) is 0 Å². The lowest BCUT2D eigenvalue weighted by Crippen LogP contribution is -2.61. The SMILES string of the molecule is CCOc1ncccc1-c1ccc2c(n1)C(=O)N(C1CCNC1)CC21CCN(c2ccccc2C(F)(F)F)CC1CC. The number of nitrogens with zero attached hydrogens (tertiary/aromatic N) is 4. The zero-order valence-electron chi connectivity index (χ0n) is 24.0. The molecule has 0 aliphatic carbocycles. The van der Waals surface area contributed by atoms with E-state index in [1.807, 2.05) is 41.0 Å². The van der Waals surface area contributed by atoms with Crippen LogP contribution in [0.3, 0.4) is 0 Å². The van der Waals surface area contributed by atoms with Gasteiger partial charge >= 0.3 is 6.18 Å². The molecule has 5 heterocycles. The summed E-state index contributed by atoms with van der Waals surface area (Å²) in [5, 5.41) is 3.38. The maximum atomic E-state index is 14.1. The lowest BCUT2D eigenvalue weighted by atomic mass is 9.62. The molecule has 0 radical (unpaired) electrons. The lowest BCUT2D eigenvalue weighted by molar-refractivity contribution is -0.137. The maximum absolute atomic E-state index is 14.1. The number of piperidine rings is 1. The number of alkyl halides is 3. The van der Waals surface area contributed by atoms with Gasteiger partial charge in [0.2, 0.25) is 5.88 Å². The summed E-state index contributed by atoms with van der Waals surface area (Å²) in [5.41, 5.74) is 1.85. The third kappa shape index (κ3) is 4.89. The van der Waals surface area contributed by atoms with Crippen molar-refractivity contribution in [1.29, 1.82) is 0 Å². The highest BCUT2D eigenvalue weighted by atomic mass is 19.4. The molecule has 3 aromatic rings. The van der Waals surface area contributed by atoms with Crippen molar-refractivity contribution >= 4 is 11.6 Å². The molecule has 0 saturated carbocycles. The first-order valence-electron chi connectivity index (χ1n) is 14.8. The third-order valence-electron chi connectivity index (χ3n) is 9.24. The molecule has 222 valence electrons. The lowest BCUT2D eigenvalue weighted by Gasteiger charge is -2.54. The van der Waals surface area contributed by atoms with Gasteiger partial charge in [0.15, 0.2) is 0 Å². The molecule has 1 N–H and O–H groups in total. The van der Waals surface area contributed by atoms with Gasteiger partial charge in [-0.05, 0) is 68.1 Å². The molecular formula is C32H36F3N5O2. The topological polar surface area (TPSA) is 70.6 Å². The van der Waals surface area contributed by atoms with Crippen LogP contribution in [-0.2, 0) is 11.6 Å². The Morgan fingerprint density at radius 1 is 1.12 bits per heavy atom. The molecule has 1 aromatic carbocycles. The summed E-state index contributed by atoms with van der Waals surface area (Å²) in [6, 6.07) is 13.5. The molecule has 0 bridgehead atoms. The maximum Gasteiger partial charge on any atom is 0.418 e. The number of para-hydroxylation sites is 1. The Balaban J connectivity index is 1.43. The number of carbonyl (C=O) groups excluding carboxylic acids is 1. The van der Waals surface area contributed by atoms with Gasteiger partial charge in [-0.25, -0.2) is 9.97 Å². The van der Waals surface area contributed by atoms with Crippen LogP contribution in [0.25, 0.3) is 11.3 Å². The average molecular weight is 580 g/mol. The number of anilines is 1. The molecular weight excluding hydrogens is 543 g/mol. The summed E-state index contributed by atoms with van der Waals surface area (Å²) in [5.74, 6) is 0.388. The van der Waals surface area contributed by atoms with E-state index < -0.39 is 17.2 Å². The highest BCUT2D eigenvalue weighted by Crippen LogP contribution is 2.49. The van der Waals surface area contributed by atoms with Crippen LogP contribution in [0.5, 0.6) is 5.88 Å². The van der Waals surface area contributed by atoms with Crippen molar-refractivity contribution in [2.24, 2.45) is 5.92 Å². The molecule has 3 unspecified atom stereocenters. The predicted octanol–water partition coefficient (Wildman–Crippen LogP) is 5.55. The zero-order chi connectivity index (χ0) is 29.5. The van der Waals surface area contributed by atoms with E-state index in [-0.39, 0.29) is 23.6 Å². The Labute approximate surface area is 244 Å². The molecule has 3 aliphatic heterocycles. The first kappa shape index (κ1) is 28.5. The van der Waals surface area contributed by atoms with Gasteiger partial charge in [0.05, 0.1) is 23.4 Å². The Bertz CT molecular complexity index is 1460. The van der Waals surface area contributed by atoms with E-state index in [9.17, 15) is 18.0 Å². The van der Waals surface area contributed by atoms with Crippen molar-refractivity contribution < 1.29 is 22.7 Å². The van der Waals surface area contributed by atoms with E-state index in [1.54, 1.807) is 18.3 Å². The van der Waals surface area contributed by atoms with Gasteiger partial charge in [-0.3, -0.25) is 4.79 Å². The monoisotopic (exact) mass is 579 g/mol. The van der Waals surface area contributed by atoms with Gasteiger partial charge in [0, 0.05) is 49.5 Å². The highest BCUT2D eigenvalue weighted by Gasteiger charge is 2.52. The Morgan fingerprint density at radius 3 is 2.69 bits per heavy atom. The van der Waals surface area contributed by atoms with Crippen LogP contribution in [0.1, 0.15) is 54.7 Å². The van der Waals surface area contributed by atoms with Gasteiger partial charge in [-0.2, -0.15) is 13.2 Å². The van der Waals surface area contributed by atoms with Crippen LogP contribution < -0.4 is 15.0 Å². The summed E-state index contributed by atoms with van der Waals surface area (Å²) in [4.78, 5) is 27.3. The van der Waals surface area contributed by atoms with Crippen LogP contribution >= 0.6 is 0 Å². The minimum absolute atomic E-state index is 0.0151. The van der Waals surface area contributed by atoms with E-state index in [2.05, 4.69) is 17.2 Å². The van der Waals surface area contributed by atoms with Crippen LogP contribution in [0, 0.1) is 5.92 Å². The van der Waals surface area contributed by atoms with Gasteiger partial charge in [0.25, 0.3) is 5.91 Å². The van der Waals surface area contributed by atoms with Crippen molar-refractivity contribution in [3.05, 3.63) is 71.5 Å². The number of aromatic nitrogens is 2. The minimum Gasteiger partial charge on any atom is -0.477 e. The molecule has 3 atom stereocenters. The number of rotatable bonds is 6. The third-order valence-corrected chi connectivity index (χ3v) is 9.24. The number of hydrogen-bond donors (Lipinski definition) is 1. The van der Waals surface area contributed by atoms with E-state index in [0.717, 1.165) is 37.6 Å². The van der Waals surface area contributed by atoms with Crippen LogP contribution in [-0.4, -0.2) is 66.1 Å². The van der Waals surface area contributed by atoms with Crippen molar-refractivity contribution in [3.8, 4) is 17.1 Å². The second-order valence-electron chi connectivity index (χ2n) is 11.4. The molecule has 42 heavy (non-hydrogen) atoms. The predicted molar refractivity (Wildman–Crippen MR) is 155 cm³/mol. The largest absolute Gasteiger partial charge is 0.477 e. The first-order chi connectivity index (χ1) is 20.3. The van der Waals surface area contributed by atoms with Crippen molar-refractivity contribution in [2.45, 2.75) is 50.7 Å². The summed E-state index contributed by atoms with van der Waals surface area (Å²) in [7, 11) is 0. The Hall–Kier alpha value is -3.66. The molecule has 2 aromatic heterocycles. The van der Waals surface area contributed by atoms with Gasteiger partial charge in [-0.15, -0.1) is 0 Å². The molecule has 7 nitrogen and oxygen atoms in total. The summed E-state index contributed by atoms with van der Waals surface area (Å²) in [6.45, 7) is 7.45. The van der Waals surface area contributed by atoms with Gasteiger partial charge in [0.1, 0.15) is 5.69 Å². The second-order valence-corrected chi connectivity index (χ2v) is 11.4. The number of pyridine rings is 2. The molecule has 1 amide bonds.